The first kappa shape index (κ1) is 15.8. The lowest BCUT2D eigenvalue weighted by molar-refractivity contribution is -0.132. The summed E-state index contributed by atoms with van der Waals surface area (Å²) >= 11 is 0. The van der Waals surface area contributed by atoms with Crippen LogP contribution >= 0.6 is 0 Å². The van der Waals surface area contributed by atoms with E-state index in [1.807, 2.05) is 13.8 Å². The molecule has 0 aliphatic carbocycles. The highest BCUT2D eigenvalue weighted by Gasteiger charge is 2.22. The van der Waals surface area contributed by atoms with Gasteiger partial charge in [0.05, 0.1) is 11.3 Å². The number of phenolic OH excluding ortho intramolecular Hbond substituents is 1. The summed E-state index contributed by atoms with van der Waals surface area (Å²) < 4.78 is 0. The molecule has 0 spiro atoms. The maximum absolute atomic E-state index is 12.0. The van der Waals surface area contributed by atoms with E-state index in [2.05, 4.69) is 5.32 Å². The van der Waals surface area contributed by atoms with Crippen molar-refractivity contribution in [3.63, 3.8) is 0 Å². The zero-order chi connectivity index (χ0) is 15.3. The van der Waals surface area contributed by atoms with Crippen molar-refractivity contribution in [2.24, 2.45) is 0 Å². The molecule has 2 amide bonds. The quantitative estimate of drug-likeness (QED) is 0.552. The molecular weight excluding hydrogens is 258 g/mol. The second kappa shape index (κ2) is 6.79. The van der Waals surface area contributed by atoms with Gasteiger partial charge in [-0.3, -0.25) is 9.59 Å². The van der Waals surface area contributed by atoms with Gasteiger partial charge in [-0.25, -0.2) is 0 Å². The highest BCUT2D eigenvalue weighted by Crippen LogP contribution is 2.24. The molecule has 0 bridgehead atoms. The number of hydrogen-bond acceptors (Lipinski definition) is 4. The minimum Gasteiger partial charge on any atom is -0.505 e. The molecule has 0 aromatic heterocycles. The van der Waals surface area contributed by atoms with Gasteiger partial charge in [-0.2, -0.15) is 0 Å². The lowest BCUT2D eigenvalue weighted by Crippen LogP contribution is -2.46. The molecule has 6 heteroatoms. The van der Waals surface area contributed by atoms with Gasteiger partial charge in [0, 0.05) is 13.1 Å². The molecule has 1 rings (SSSR count). The number of aromatic hydroxyl groups is 1. The largest absolute Gasteiger partial charge is 0.505 e. The second-order valence-electron chi connectivity index (χ2n) is 4.45. The number of rotatable bonds is 5. The standard InChI is InChI=1S/C14H21N3O3/c1-4-17(5-2)14(20)9(3)16-13(19)10-7-6-8-11(15)12(10)18/h6-9,18H,4-5,15H2,1-3H3,(H,16,19). The third-order valence-corrected chi connectivity index (χ3v) is 3.10. The Hall–Kier alpha value is -2.24. The number of nitrogens with one attached hydrogen (secondary N) is 1. The molecule has 0 radical (unpaired) electrons. The first-order valence-electron chi connectivity index (χ1n) is 6.59. The molecule has 110 valence electrons. The van der Waals surface area contributed by atoms with Gasteiger partial charge in [-0.05, 0) is 32.9 Å². The van der Waals surface area contributed by atoms with E-state index in [0.717, 1.165) is 0 Å². The van der Waals surface area contributed by atoms with Gasteiger partial charge >= 0.3 is 0 Å². The first-order valence-corrected chi connectivity index (χ1v) is 6.59. The van der Waals surface area contributed by atoms with Crippen LogP contribution < -0.4 is 11.1 Å². The van der Waals surface area contributed by atoms with Crippen molar-refractivity contribution in [2.45, 2.75) is 26.8 Å². The van der Waals surface area contributed by atoms with Crippen molar-refractivity contribution < 1.29 is 14.7 Å². The zero-order valence-corrected chi connectivity index (χ0v) is 12.0. The Labute approximate surface area is 118 Å². The van der Waals surface area contributed by atoms with Crippen LogP contribution in [0.2, 0.25) is 0 Å². The van der Waals surface area contributed by atoms with Gasteiger partial charge in [0.1, 0.15) is 6.04 Å². The Morgan fingerprint density at radius 1 is 1.35 bits per heavy atom. The Bertz CT molecular complexity index is 498. The number of nitrogens with zero attached hydrogens (tertiary/aromatic N) is 1. The number of carbonyl (C=O) groups is 2. The van der Waals surface area contributed by atoms with Crippen LogP contribution in [0.3, 0.4) is 0 Å². The molecule has 0 saturated heterocycles. The van der Waals surface area contributed by atoms with Gasteiger partial charge in [0.15, 0.2) is 5.75 Å². The van der Waals surface area contributed by atoms with Gasteiger partial charge < -0.3 is 21.1 Å². The van der Waals surface area contributed by atoms with E-state index in [1.165, 1.54) is 12.1 Å². The van der Waals surface area contributed by atoms with Crippen LogP contribution in [0, 0.1) is 0 Å². The predicted molar refractivity (Wildman–Crippen MR) is 77.4 cm³/mol. The van der Waals surface area contributed by atoms with E-state index in [-0.39, 0.29) is 22.9 Å². The van der Waals surface area contributed by atoms with Crippen LogP contribution in [0.1, 0.15) is 31.1 Å². The number of carbonyl (C=O) groups excluding carboxylic acids is 2. The Morgan fingerprint density at radius 2 is 1.95 bits per heavy atom. The molecule has 0 saturated carbocycles. The first-order chi connectivity index (χ1) is 9.42. The van der Waals surface area contributed by atoms with E-state index >= 15 is 0 Å². The van der Waals surface area contributed by atoms with E-state index < -0.39 is 11.9 Å². The van der Waals surface area contributed by atoms with Crippen LogP contribution in [0.4, 0.5) is 5.69 Å². The number of hydrogen-bond donors (Lipinski definition) is 3. The molecule has 4 N–H and O–H groups in total. The van der Waals surface area contributed by atoms with Crippen molar-refractivity contribution in [3.8, 4) is 5.75 Å². The summed E-state index contributed by atoms with van der Waals surface area (Å²) in [4.78, 5) is 25.7. The molecule has 1 unspecified atom stereocenters. The fourth-order valence-corrected chi connectivity index (χ4v) is 1.89. The number of amides is 2. The Balaban J connectivity index is 2.80. The van der Waals surface area contributed by atoms with Gasteiger partial charge in [0.25, 0.3) is 5.91 Å². The second-order valence-corrected chi connectivity index (χ2v) is 4.45. The molecule has 1 atom stereocenters. The van der Waals surface area contributed by atoms with E-state index in [0.29, 0.717) is 13.1 Å². The smallest absolute Gasteiger partial charge is 0.255 e. The van der Waals surface area contributed by atoms with Crippen molar-refractivity contribution in [1.82, 2.24) is 10.2 Å². The van der Waals surface area contributed by atoms with E-state index in [1.54, 1.807) is 17.9 Å². The van der Waals surface area contributed by atoms with Crippen molar-refractivity contribution in [1.29, 1.82) is 0 Å². The predicted octanol–water partition coefficient (Wildman–Crippen LogP) is 0.961. The summed E-state index contributed by atoms with van der Waals surface area (Å²) in [5, 5.41) is 12.3. The van der Waals surface area contributed by atoms with Crippen molar-refractivity contribution >= 4 is 17.5 Å². The monoisotopic (exact) mass is 279 g/mol. The normalized spacial score (nSPS) is 11.8. The molecular formula is C14H21N3O3. The van der Waals surface area contributed by atoms with E-state index in [9.17, 15) is 14.7 Å². The Morgan fingerprint density at radius 3 is 2.50 bits per heavy atom. The average Bonchev–Trinajstić information content (AvgIpc) is 2.42. The SMILES string of the molecule is CCN(CC)C(=O)C(C)NC(=O)c1cccc(N)c1O. The lowest BCUT2D eigenvalue weighted by Gasteiger charge is -2.23. The van der Waals surface area contributed by atoms with Crippen LogP contribution in [0.25, 0.3) is 0 Å². The van der Waals surface area contributed by atoms with Gasteiger partial charge in [0.2, 0.25) is 5.91 Å². The summed E-state index contributed by atoms with van der Waals surface area (Å²) in [6, 6.07) is 3.86. The number of anilines is 1. The maximum atomic E-state index is 12.0. The molecule has 1 aromatic rings. The highest BCUT2D eigenvalue weighted by atomic mass is 16.3. The number of para-hydroxylation sites is 1. The number of nitrogen functional groups attached to an aromatic ring is 1. The fourth-order valence-electron chi connectivity index (χ4n) is 1.89. The van der Waals surface area contributed by atoms with Crippen molar-refractivity contribution in [3.05, 3.63) is 23.8 Å². The summed E-state index contributed by atoms with van der Waals surface area (Å²) in [5.41, 5.74) is 5.72. The highest BCUT2D eigenvalue weighted by molar-refractivity contribution is 6.00. The third-order valence-electron chi connectivity index (χ3n) is 3.10. The number of phenols is 1. The van der Waals surface area contributed by atoms with Crippen LogP contribution in [0.15, 0.2) is 18.2 Å². The molecule has 0 aliphatic rings. The Kier molecular flexibility index (Phi) is 5.37. The third kappa shape index (κ3) is 3.40. The number of nitrogens with two attached hydrogens (primary N) is 1. The molecule has 0 aliphatic heterocycles. The number of likely N-dealkylation sites (N-methyl/N-ethyl adjacent to an activating group) is 1. The minimum atomic E-state index is -0.664. The summed E-state index contributed by atoms with van der Waals surface area (Å²) in [6.45, 7) is 6.53. The topological polar surface area (TPSA) is 95.7 Å². The summed E-state index contributed by atoms with van der Waals surface area (Å²) in [6.07, 6.45) is 0. The van der Waals surface area contributed by atoms with Gasteiger partial charge in [-0.1, -0.05) is 6.07 Å². The zero-order valence-electron chi connectivity index (χ0n) is 12.0. The van der Waals surface area contributed by atoms with Crippen molar-refractivity contribution in [2.75, 3.05) is 18.8 Å². The molecule has 0 heterocycles. The summed E-state index contributed by atoms with van der Waals surface area (Å²) in [7, 11) is 0. The maximum Gasteiger partial charge on any atom is 0.255 e. The van der Waals surface area contributed by atoms with Crippen LogP contribution in [-0.2, 0) is 4.79 Å². The molecule has 0 fully saturated rings. The molecule has 6 nitrogen and oxygen atoms in total. The minimum absolute atomic E-state index is 0.0594. The van der Waals surface area contributed by atoms with Crippen LogP contribution in [-0.4, -0.2) is 41.0 Å². The molecule has 1 aromatic carbocycles. The van der Waals surface area contributed by atoms with Gasteiger partial charge in [-0.15, -0.1) is 0 Å². The molecule has 20 heavy (non-hydrogen) atoms. The lowest BCUT2D eigenvalue weighted by atomic mass is 10.1. The van der Waals surface area contributed by atoms with Crippen LogP contribution in [0.5, 0.6) is 5.75 Å². The number of benzene rings is 1. The summed E-state index contributed by atoms with van der Waals surface area (Å²) in [5.74, 6) is -0.956. The van der Waals surface area contributed by atoms with E-state index in [4.69, 9.17) is 5.73 Å². The fraction of sp³-hybridized carbons (Fsp3) is 0.429. The average molecular weight is 279 g/mol.